The van der Waals surface area contributed by atoms with Crippen molar-refractivity contribution in [3.63, 3.8) is 0 Å². The monoisotopic (exact) mass is 521 g/mol. The number of phenols is 2. The number of rotatable bonds is 7. The Morgan fingerprint density at radius 1 is 1.05 bits per heavy atom. The topological polar surface area (TPSA) is 152 Å². The molecule has 0 radical (unpaired) electrons. The van der Waals surface area contributed by atoms with Gasteiger partial charge in [0.2, 0.25) is 0 Å². The van der Waals surface area contributed by atoms with Gasteiger partial charge in [0, 0.05) is 34.4 Å². The summed E-state index contributed by atoms with van der Waals surface area (Å²) in [6, 6.07) is 7.40. The molecule has 0 fully saturated rings. The lowest BCUT2D eigenvalue weighted by molar-refractivity contribution is -0.140. The van der Waals surface area contributed by atoms with Gasteiger partial charge in [0.1, 0.15) is 23.4 Å². The number of methoxy groups -OCH3 is 2. The molecule has 0 unspecified atom stereocenters. The number of aryl methyl sites for hydroxylation is 1. The molecule has 0 spiro atoms. The van der Waals surface area contributed by atoms with Crippen LogP contribution in [0, 0.1) is 6.92 Å². The highest BCUT2D eigenvalue weighted by atomic mass is 16.5. The maximum atomic E-state index is 12.6. The largest absolute Gasteiger partial charge is 0.507 e. The summed E-state index contributed by atoms with van der Waals surface area (Å²) in [6.45, 7) is 2.99. The Bertz CT molecular complexity index is 1430. The van der Waals surface area contributed by atoms with Crippen molar-refractivity contribution in [1.82, 2.24) is 4.98 Å². The number of aromatic hydroxyl groups is 3. The van der Waals surface area contributed by atoms with E-state index in [1.165, 1.54) is 39.3 Å². The Hall–Kier alpha value is -4.44. The Labute approximate surface area is 218 Å². The van der Waals surface area contributed by atoms with Crippen molar-refractivity contribution in [3.8, 4) is 17.2 Å². The van der Waals surface area contributed by atoms with Crippen LogP contribution in [0.25, 0.3) is 0 Å². The third-order valence-electron chi connectivity index (χ3n) is 6.71. The summed E-state index contributed by atoms with van der Waals surface area (Å²) < 4.78 is 15.5. The molecule has 1 aromatic heterocycles. The Morgan fingerprint density at radius 2 is 1.74 bits per heavy atom. The number of hydrogen-bond acceptors (Lipinski definition) is 10. The number of carbonyl (C=O) groups excluding carboxylic acids is 3. The van der Waals surface area contributed by atoms with E-state index in [-0.39, 0.29) is 41.0 Å². The van der Waals surface area contributed by atoms with Crippen LogP contribution in [0.1, 0.15) is 79.6 Å². The lowest BCUT2D eigenvalue weighted by Crippen LogP contribution is -2.14. The van der Waals surface area contributed by atoms with Crippen molar-refractivity contribution in [2.45, 2.75) is 38.9 Å². The molecule has 0 amide bonds. The fraction of sp³-hybridized carbons (Fsp3) is 0.286. The van der Waals surface area contributed by atoms with Crippen LogP contribution in [0.5, 0.6) is 17.2 Å². The van der Waals surface area contributed by atoms with E-state index in [1.807, 2.05) is 0 Å². The number of esters is 2. The van der Waals surface area contributed by atoms with Crippen LogP contribution in [-0.4, -0.2) is 52.2 Å². The zero-order valence-corrected chi connectivity index (χ0v) is 21.3. The van der Waals surface area contributed by atoms with Gasteiger partial charge in [-0.25, -0.2) is 4.79 Å². The van der Waals surface area contributed by atoms with Gasteiger partial charge in [0.15, 0.2) is 5.78 Å². The first-order valence-corrected chi connectivity index (χ1v) is 11.7. The first kappa shape index (κ1) is 26.6. The summed E-state index contributed by atoms with van der Waals surface area (Å²) in [5.74, 6) is -3.68. The number of nitrogens with zero attached hydrogens (tertiary/aromatic N) is 1. The van der Waals surface area contributed by atoms with Crippen LogP contribution in [-0.2, 0) is 25.6 Å². The van der Waals surface area contributed by atoms with Gasteiger partial charge in [0.05, 0.1) is 44.1 Å². The zero-order chi connectivity index (χ0) is 27.7. The average Bonchev–Trinajstić information content (AvgIpc) is 3.34. The van der Waals surface area contributed by atoms with Crippen LogP contribution >= 0.6 is 0 Å². The number of phenolic OH excluding ortho intramolecular Hbond substituents is 2. The lowest BCUT2D eigenvalue weighted by atomic mass is 9.82. The van der Waals surface area contributed by atoms with Gasteiger partial charge in [0.25, 0.3) is 0 Å². The molecule has 10 heteroatoms. The molecule has 2 atom stereocenters. The molecule has 4 rings (SSSR count). The summed E-state index contributed by atoms with van der Waals surface area (Å²) in [5, 5.41) is 33.5. The van der Waals surface area contributed by atoms with E-state index in [2.05, 4.69) is 4.98 Å². The van der Waals surface area contributed by atoms with Gasteiger partial charge >= 0.3 is 11.9 Å². The van der Waals surface area contributed by atoms with Crippen molar-refractivity contribution in [1.29, 1.82) is 0 Å². The fourth-order valence-electron chi connectivity index (χ4n) is 4.67. The van der Waals surface area contributed by atoms with E-state index in [0.717, 1.165) is 0 Å². The average molecular weight is 522 g/mol. The quantitative estimate of drug-likeness (QED) is 0.309. The lowest BCUT2D eigenvalue weighted by Gasteiger charge is -2.24. The molecular weight excluding hydrogens is 494 g/mol. The number of benzene rings is 2. The first-order chi connectivity index (χ1) is 18.1. The molecule has 0 aliphatic carbocycles. The minimum absolute atomic E-state index is 0.0914. The Balaban J connectivity index is 1.95. The number of fused-ring (bicyclic) bond motifs is 1. The molecule has 3 N–H and O–H groups in total. The molecular formula is C28H27NO9. The number of ketones is 1. The third-order valence-corrected chi connectivity index (χ3v) is 6.71. The maximum absolute atomic E-state index is 12.6. The molecule has 2 heterocycles. The Kier molecular flexibility index (Phi) is 7.36. The minimum atomic E-state index is -0.971. The van der Waals surface area contributed by atoms with Crippen LogP contribution in [0.3, 0.4) is 0 Å². The molecule has 0 bridgehead atoms. The second kappa shape index (κ2) is 10.5. The normalized spacial score (nSPS) is 15.0. The number of pyridine rings is 1. The number of hydrogen-bond donors (Lipinski definition) is 3. The summed E-state index contributed by atoms with van der Waals surface area (Å²) in [5.41, 5.74) is 2.02. The van der Waals surface area contributed by atoms with E-state index in [0.29, 0.717) is 22.4 Å². The third kappa shape index (κ3) is 4.66. The predicted octanol–water partition coefficient (Wildman–Crippen LogP) is 3.81. The van der Waals surface area contributed by atoms with Gasteiger partial charge in [-0.15, -0.1) is 0 Å². The van der Waals surface area contributed by atoms with Gasteiger partial charge in [-0.2, -0.15) is 0 Å². The second-order valence-electron chi connectivity index (χ2n) is 8.95. The molecule has 10 nitrogen and oxygen atoms in total. The number of ether oxygens (including phenoxy) is 3. The molecule has 2 aromatic carbocycles. The summed E-state index contributed by atoms with van der Waals surface area (Å²) in [4.78, 5) is 41.0. The van der Waals surface area contributed by atoms with E-state index >= 15 is 0 Å². The summed E-state index contributed by atoms with van der Waals surface area (Å²) in [6.07, 6.45) is 0.300. The molecule has 1 aliphatic rings. The zero-order valence-electron chi connectivity index (χ0n) is 21.3. The molecule has 1 aliphatic heterocycles. The standard InChI is InChI=1S/C28H27NO9/c1-13-24(32)22-17(11-29-13)12-38-27(22)20-9-18(14(2)30)25(33)23(26(20)34)19(10-21(31)36-3)15-5-7-16(8-6-15)28(35)37-4/h5-9,11,19,27,32-34H,10,12H2,1-4H3/t19-,27-/m0/s1. The molecule has 0 saturated carbocycles. The van der Waals surface area contributed by atoms with Gasteiger partial charge < -0.3 is 29.5 Å². The number of aromatic nitrogens is 1. The highest BCUT2D eigenvalue weighted by molar-refractivity contribution is 5.98. The number of Topliss-reactive ketones (excluding diaryl/α,β-unsaturated/α-hetero) is 1. The van der Waals surface area contributed by atoms with E-state index in [9.17, 15) is 29.7 Å². The molecule has 38 heavy (non-hydrogen) atoms. The fourth-order valence-corrected chi connectivity index (χ4v) is 4.67. The van der Waals surface area contributed by atoms with Crippen molar-refractivity contribution in [2.75, 3.05) is 14.2 Å². The van der Waals surface area contributed by atoms with E-state index < -0.39 is 41.2 Å². The number of carbonyl (C=O) groups is 3. The second-order valence-corrected chi connectivity index (χ2v) is 8.95. The summed E-state index contributed by atoms with van der Waals surface area (Å²) >= 11 is 0. The predicted molar refractivity (Wildman–Crippen MR) is 133 cm³/mol. The smallest absolute Gasteiger partial charge is 0.337 e. The highest BCUT2D eigenvalue weighted by Crippen LogP contribution is 2.50. The van der Waals surface area contributed by atoms with Crippen molar-refractivity contribution < 1.29 is 43.9 Å². The maximum Gasteiger partial charge on any atom is 0.337 e. The van der Waals surface area contributed by atoms with E-state index in [1.54, 1.807) is 25.3 Å². The van der Waals surface area contributed by atoms with Crippen LogP contribution in [0.15, 0.2) is 36.5 Å². The molecule has 198 valence electrons. The van der Waals surface area contributed by atoms with Gasteiger partial charge in [-0.1, -0.05) is 12.1 Å². The highest BCUT2D eigenvalue weighted by Gasteiger charge is 2.36. The van der Waals surface area contributed by atoms with Crippen molar-refractivity contribution in [3.05, 3.63) is 81.2 Å². The minimum Gasteiger partial charge on any atom is -0.507 e. The summed E-state index contributed by atoms with van der Waals surface area (Å²) in [7, 11) is 2.46. The van der Waals surface area contributed by atoms with Crippen LogP contribution in [0.2, 0.25) is 0 Å². The van der Waals surface area contributed by atoms with Crippen molar-refractivity contribution in [2.24, 2.45) is 0 Å². The molecule has 0 saturated heterocycles. The molecule has 3 aromatic rings. The van der Waals surface area contributed by atoms with Crippen LogP contribution in [0.4, 0.5) is 0 Å². The Morgan fingerprint density at radius 3 is 2.34 bits per heavy atom. The SMILES string of the molecule is COC(=O)C[C@@H](c1ccc(C(=O)OC)cc1)c1c(O)c(C(C)=O)cc([C@@H]2OCc3cnc(C)c(O)c32)c1O. The van der Waals surface area contributed by atoms with Crippen LogP contribution < -0.4 is 0 Å². The van der Waals surface area contributed by atoms with E-state index in [4.69, 9.17) is 14.2 Å². The van der Waals surface area contributed by atoms with Gasteiger partial charge in [-0.05, 0) is 37.6 Å². The van der Waals surface area contributed by atoms with Crippen molar-refractivity contribution >= 4 is 17.7 Å². The first-order valence-electron chi connectivity index (χ1n) is 11.7. The van der Waals surface area contributed by atoms with Gasteiger partial charge in [-0.3, -0.25) is 14.6 Å².